The maximum Gasteiger partial charge on any atom is 0.325 e. The fourth-order valence-electron chi connectivity index (χ4n) is 3.63. The van der Waals surface area contributed by atoms with Gasteiger partial charge in [0.25, 0.3) is 0 Å². The number of carboxylic acid groups (broad SMARTS) is 1. The molecule has 1 aromatic carbocycles. The molecular formula is C22H32N4O6S. The van der Waals surface area contributed by atoms with Gasteiger partial charge in [-0.15, -0.1) is 0 Å². The van der Waals surface area contributed by atoms with Crippen LogP contribution in [0.2, 0.25) is 0 Å². The van der Waals surface area contributed by atoms with Gasteiger partial charge in [-0.25, -0.2) is 0 Å². The SMILES string of the molecule is CSCCC(NC(=O)C(N)Cc1ccc(O)cc1)C(=O)N1CCCC1C(=O)NC(C)C(=O)O. The van der Waals surface area contributed by atoms with Gasteiger partial charge in [0, 0.05) is 6.54 Å². The molecule has 0 aliphatic carbocycles. The van der Waals surface area contributed by atoms with Gasteiger partial charge < -0.3 is 31.5 Å². The van der Waals surface area contributed by atoms with E-state index in [-0.39, 0.29) is 18.1 Å². The number of rotatable bonds is 11. The van der Waals surface area contributed by atoms with Crippen LogP contribution in [0.3, 0.4) is 0 Å². The number of nitrogens with two attached hydrogens (primary N) is 1. The van der Waals surface area contributed by atoms with Crippen molar-refractivity contribution >= 4 is 35.5 Å². The molecular weight excluding hydrogens is 448 g/mol. The number of carbonyl (C=O) groups excluding carboxylic acids is 3. The molecule has 6 N–H and O–H groups in total. The first kappa shape index (κ1) is 26.5. The Hall–Kier alpha value is -2.79. The van der Waals surface area contributed by atoms with Crippen LogP contribution in [-0.4, -0.2) is 81.5 Å². The average molecular weight is 481 g/mol. The van der Waals surface area contributed by atoms with E-state index < -0.39 is 42.0 Å². The molecule has 10 nitrogen and oxygen atoms in total. The Labute approximate surface area is 197 Å². The molecule has 4 atom stereocenters. The monoisotopic (exact) mass is 480 g/mol. The number of carboxylic acids is 1. The number of nitrogens with zero attached hydrogens (tertiary/aromatic N) is 1. The van der Waals surface area contributed by atoms with E-state index in [0.717, 1.165) is 5.56 Å². The van der Waals surface area contributed by atoms with Crippen molar-refractivity contribution in [2.75, 3.05) is 18.6 Å². The highest BCUT2D eigenvalue weighted by Crippen LogP contribution is 2.20. The first-order valence-corrected chi connectivity index (χ1v) is 12.2. The zero-order valence-electron chi connectivity index (χ0n) is 18.8. The van der Waals surface area contributed by atoms with Crippen molar-refractivity contribution in [1.82, 2.24) is 15.5 Å². The number of phenolic OH excluding ortho intramolecular Hbond substituents is 1. The predicted molar refractivity (Wildman–Crippen MR) is 125 cm³/mol. The van der Waals surface area contributed by atoms with Crippen LogP contribution in [-0.2, 0) is 25.6 Å². The molecule has 33 heavy (non-hydrogen) atoms. The third kappa shape index (κ3) is 7.64. The van der Waals surface area contributed by atoms with Crippen LogP contribution in [0.5, 0.6) is 5.75 Å². The summed E-state index contributed by atoms with van der Waals surface area (Å²) in [7, 11) is 0. The number of thioether (sulfide) groups is 1. The minimum Gasteiger partial charge on any atom is -0.508 e. The van der Waals surface area contributed by atoms with Crippen LogP contribution in [0.25, 0.3) is 0 Å². The van der Waals surface area contributed by atoms with Crippen molar-refractivity contribution in [2.24, 2.45) is 5.73 Å². The molecule has 0 bridgehead atoms. The molecule has 2 rings (SSSR count). The van der Waals surface area contributed by atoms with E-state index in [1.807, 2.05) is 6.26 Å². The van der Waals surface area contributed by atoms with E-state index in [1.54, 1.807) is 12.1 Å². The molecule has 182 valence electrons. The zero-order chi connectivity index (χ0) is 24.5. The molecule has 3 amide bonds. The fraction of sp³-hybridized carbons (Fsp3) is 0.545. The summed E-state index contributed by atoms with van der Waals surface area (Å²) < 4.78 is 0. The highest BCUT2D eigenvalue weighted by Gasteiger charge is 2.38. The Morgan fingerprint density at radius 1 is 1.21 bits per heavy atom. The van der Waals surface area contributed by atoms with Crippen molar-refractivity contribution in [3.8, 4) is 5.75 Å². The Balaban J connectivity index is 2.06. The summed E-state index contributed by atoms with van der Waals surface area (Å²) in [5.74, 6) is -1.81. The minimum atomic E-state index is -1.16. The van der Waals surface area contributed by atoms with Gasteiger partial charge in [-0.05, 0) is 62.3 Å². The molecule has 1 saturated heterocycles. The van der Waals surface area contributed by atoms with Gasteiger partial charge in [-0.1, -0.05) is 12.1 Å². The van der Waals surface area contributed by atoms with E-state index in [1.165, 1.54) is 35.7 Å². The third-order valence-corrected chi connectivity index (χ3v) is 6.17. The van der Waals surface area contributed by atoms with Crippen LogP contribution in [0.15, 0.2) is 24.3 Å². The van der Waals surface area contributed by atoms with Crippen LogP contribution < -0.4 is 16.4 Å². The largest absolute Gasteiger partial charge is 0.508 e. The summed E-state index contributed by atoms with van der Waals surface area (Å²) in [6, 6.07) is 2.77. The zero-order valence-corrected chi connectivity index (χ0v) is 19.6. The molecule has 0 saturated carbocycles. The smallest absolute Gasteiger partial charge is 0.325 e. The van der Waals surface area contributed by atoms with E-state index >= 15 is 0 Å². The molecule has 1 aliphatic rings. The van der Waals surface area contributed by atoms with Crippen LogP contribution in [0.4, 0.5) is 0 Å². The van der Waals surface area contributed by atoms with Gasteiger partial charge >= 0.3 is 5.97 Å². The predicted octanol–water partition coefficient (Wildman–Crippen LogP) is 0.0802. The first-order chi connectivity index (χ1) is 15.6. The maximum atomic E-state index is 13.3. The van der Waals surface area contributed by atoms with Crippen molar-refractivity contribution < 1.29 is 29.4 Å². The molecule has 1 heterocycles. The second-order valence-electron chi connectivity index (χ2n) is 8.08. The molecule has 1 aliphatic heterocycles. The molecule has 0 spiro atoms. The summed E-state index contributed by atoms with van der Waals surface area (Å²) in [6.45, 7) is 1.71. The lowest BCUT2D eigenvalue weighted by atomic mass is 10.0. The lowest BCUT2D eigenvalue weighted by Gasteiger charge is -2.29. The standard InChI is InChI=1S/C22H32N4O6S/c1-13(22(31)32)24-20(29)18-4-3-10-26(18)21(30)17(9-11-33-2)25-19(28)16(23)12-14-5-7-15(27)8-6-14/h5-8,13,16-18,27H,3-4,9-12,23H2,1-2H3,(H,24,29)(H,25,28)(H,31,32). The highest BCUT2D eigenvalue weighted by molar-refractivity contribution is 7.98. The number of likely N-dealkylation sites (tertiary alicyclic amines) is 1. The van der Waals surface area contributed by atoms with Crippen molar-refractivity contribution in [3.05, 3.63) is 29.8 Å². The summed E-state index contributed by atoms with van der Waals surface area (Å²) in [4.78, 5) is 51.1. The number of benzene rings is 1. The molecule has 0 aromatic heterocycles. The van der Waals surface area contributed by atoms with E-state index in [2.05, 4.69) is 10.6 Å². The first-order valence-electron chi connectivity index (χ1n) is 10.8. The Kier molecular flexibility index (Phi) is 9.98. The summed E-state index contributed by atoms with van der Waals surface area (Å²) in [6.07, 6.45) is 3.52. The van der Waals surface area contributed by atoms with E-state index in [0.29, 0.717) is 31.6 Å². The number of phenols is 1. The van der Waals surface area contributed by atoms with Gasteiger partial charge in [0.1, 0.15) is 23.9 Å². The fourth-order valence-corrected chi connectivity index (χ4v) is 4.10. The molecule has 1 fully saturated rings. The van der Waals surface area contributed by atoms with Gasteiger partial charge in [-0.3, -0.25) is 19.2 Å². The number of aliphatic carboxylic acids is 1. The van der Waals surface area contributed by atoms with Gasteiger partial charge in [0.05, 0.1) is 6.04 Å². The number of carbonyl (C=O) groups is 4. The highest BCUT2D eigenvalue weighted by atomic mass is 32.2. The molecule has 0 radical (unpaired) electrons. The number of nitrogens with one attached hydrogen (secondary N) is 2. The van der Waals surface area contributed by atoms with Gasteiger partial charge in [0.15, 0.2) is 0 Å². The van der Waals surface area contributed by atoms with Gasteiger partial charge in [-0.2, -0.15) is 11.8 Å². The maximum absolute atomic E-state index is 13.3. The lowest BCUT2D eigenvalue weighted by Crippen LogP contribution is -2.56. The lowest BCUT2D eigenvalue weighted by molar-refractivity contribution is -0.144. The molecule has 1 aromatic rings. The second-order valence-corrected chi connectivity index (χ2v) is 9.06. The average Bonchev–Trinajstić information content (AvgIpc) is 3.27. The second kappa shape index (κ2) is 12.4. The molecule has 4 unspecified atom stereocenters. The minimum absolute atomic E-state index is 0.112. The summed E-state index contributed by atoms with van der Waals surface area (Å²) in [5, 5.41) is 23.6. The summed E-state index contributed by atoms with van der Waals surface area (Å²) in [5.41, 5.74) is 6.82. The van der Waals surface area contributed by atoms with Crippen LogP contribution in [0, 0.1) is 0 Å². The van der Waals surface area contributed by atoms with Crippen molar-refractivity contribution in [1.29, 1.82) is 0 Å². The van der Waals surface area contributed by atoms with E-state index in [4.69, 9.17) is 10.8 Å². The number of amides is 3. The third-order valence-electron chi connectivity index (χ3n) is 5.52. The van der Waals surface area contributed by atoms with Gasteiger partial charge in [0.2, 0.25) is 17.7 Å². The number of hydrogen-bond acceptors (Lipinski definition) is 7. The van der Waals surface area contributed by atoms with Crippen molar-refractivity contribution in [3.63, 3.8) is 0 Å². The van der Waals surface area contributed by atoms with Crippen LogP contribution >= 0.6 is 11.8 Å². The van der Waals surface area contributed by atoms with Crippen LogP contribution in [0.1, 0.15) is 31.7 Å². The Morgan fingerprint density at radius 3 is 2.48 bits per heavy atom. The summed E-state index contributed by atoms with van der Waals surface area (Å²) >= 11 is 1.53. The van der Waals surface area contributed by atoms with E-state index in [9.17, 15) is 24.3 Å². The topological polar surface area (TPSA) is 162 Å². The quantitative estimate of drug-likeness (QED) is 0.297. The Bertz CT molecular complexity index is 850. The molecule has 11 heteroatoms. The normalized spacial score (nSPS) is 18.3. The number of hydrogen-bond donors (Lipinski definition) is 5. The number of aromatic hydroxyl groups is 1. The van der Waals surface area contributed by atoms with Crippen molar-refractivity contribution in [2.45, 2.75) is 56.8 Å². The Morgan fingerprint density at radius 2 is 1.88 bits per heavy atom.